The van der Waals surface area contributed by atoms with Gasteiger partial charge in [0, 0.05) is 31.4 Å². The van der Waals surface area contributed by atoms with Gasteiger partial charge in [-0.1, -0.05) is 6.07 Å². The molecule has 1 radical (unpaired) electrons. The Morgan fingerprint density at radius 2 is 2.08 bits per heavy atom. The maximum absolute atomic E-state index is 11.5. The standard InChI is InChI=1S/C10H13N2O/c13-10-3-1-2-8-12(10)9-4-6-11-7-5-9/h1-3,8-9H,4-7H2. The zero-order valence-electron chi connectivity index (χ0n) is 7.52. The van der Waals surface area contributed by atoms with Gasteiger partial charge in [0.05, 0.1) is 0 Å². The summed E-state index contributed by atoms with van der Waals surface area (Å²) in [6.45, 7) is 1.79. The van der Waals surface area contributed by atoms with E-state index in [4.69, 9.17) is 0 Å². The molecule has 13 heavy (non-hydrogen) atoms. The van der Waals surface area contributed by atoms with Crippen molar-refractivity contribution in [3.05, 3.63) is 34.7 Å². The average molecular weight is 177 g/mol. The first-order valence-electron chi connectivity index (χ1n) is 4.68. The Bertz CT molecular complexity index is 326. The van der Waals surface area contributed by atoms with Crippen molar-refractivity contribution in [3.8, 4) is 0 Å². The summed E-state index contributed by atoms with van der Waals surface area (Å²) in [6.07, 6.45) is 3.88. The number of nitrogens with zero attached hydrogens (tertiary/aromatic N) is 2. The van der Waals surface area contributed by atoms with Gasteiger partial charge < -0.3 is 4.57 Å². The Labute approximate surface area is 77.4 Å². The third kappa shape index (κ3) is 1.80. The van der Waals surface area contributed by atoms with Gasteiger partial charge in [-0.15, -0.1) is 0 Å². The second-order valence-corrected chi connectivity index (χ2v) is 3.35. The van der Waals surface area contributed by atoms with E-state index in [0.717, 1.165) is 25.9 Å². The van der Waals surface area contributed by atoms with Gasteiger partial charge in [0.1, 0.15) is 0 Å². The molecule has 0 spiro atoms. The summed E-state index contributed by atoms with van der Waals surface area (Å²) in [5.74, 6) is 0. The predicted octanol–water partition coefficient (Wildman–Crippen LogP) is 0.788. The van der Waals surface area contributed by atoms with Crippen LogP contribution in [0.4, 0.5) is 0 Å². The van der Waals surface area contributed by atoms with Crippen LogP contribution >= 0.6 is 0 Å². The molecule has 1 aliphatic heterocycles. The first kappa shape index (κ1) is 8.51. The summed E-state index contributed by atoms with van der Waals surface area (Å²) >= 11 is 0. The fourth-order valence-corrected chi connectivity index (χ4v) is 1.76. The van der Waals surface area contributed by atoms with Gasteiger partial charge in [-0.05, 0) is 18.9 Å². The number of aromatic nitrogens is 1. The highest BCUT2D eigenvalue weighted by atomic mass is 16.1. The summed E-state index contributed by atoms with van der Waals surface area (Å²) in [5.41, 5.74) is 0.106. The summed E-state index contributed by atoms with van der Waals surface area (Å²) < 4.78 is 1.83. The van der Waals surface area contributed by atoms with E-state index in [1.165, 1.54) is 0 Å². The van der Waals surface area contributed by atoms with E-state index >= 15 is 0 Å². The quantitative estimate of drug-likeness (QED) is 0.624. The number of rotatable bonds is 1. The van der Waals surface area contributed by atoms with Crippen LogP contribution in [0.1, 0.15) is 18.9 Å². The minimum Gasteiger partial charge on any atom is -0.312 e. The molecule has 0 N–H and O–H groups in total. The highest BCUT2D eigenvalue weighted by molar-refractivity contribution is 4.95. The fraction of sp³-hybridized carbons (Fsp3) is 0.500. The summed E-state index contributed by atoms with van der Waals surface area (Å²) in [7, 11) is 0. The first-order valence-corrected chi connectivity index (χ1v) is 4.68. The van der Waals surface area contributed by atoms with Crippen LogP contribution in [-0.4, -0.2) is 17.7 Å². The molecule has 0 aromatic carbocycles. The Morgan fingerprint density at radius 3 is 2.77 bits per heavy atom. The van der Waals surface area contributed by atoms with E-state index in [0.29, 0.717) is 6.04 Å². The van der Waals surface area contributed by atoms with Gasteiger partial charge >= 0.3 is 0 Å². The molecule has 1 aromatic rings. The van der Waals surface area contributed by atoms with Gasteiger partial charge in [0.15, 0.2) is 0 Å². The SMILES string of the molecule is O=c1ccccn1C1CC[N]CC1. The minimum absolute atomic E-state index is 0.106. The number of hydrogen-bond donors (Lipinski definition) is 0. The molecule has 2 rings (SSSR count). The first-order chi connectivity index (χ1) is 6.38. The molecule has 3 nitrogen and oxygen atoms in total. The Hall–Kier alpha value is -1.09. The largest absolute Gasteiger partial charge is 0.312 e. The highest BCUT2D eigenvalue weighted by Crippen LogP contribution is 2.16. The van der Waals surface area contributed by atoms with Crippen LogP contribution in [0.2, 0.25) is 0 Å². The summed E-state index contributed by atoms with van der Waals surface area (Å²) in [4.78, 5) is 11.5. The molecule has 0 atom stereocenters. The van der Waals surface area contributed by atoms with Gasteiger partial charge in [0.2, 0.25) is 0 Å². The lowest BCUT2D eigenvalue weighted by molar-refractivity contribution is 0.356. The van der Waals surface area contributed by atoms with E-state index < -0.39 is 0 Å². The van der Waals surface area contributed by atoms with Crippen molar-refractivity contribution in [2.45, 2.75) is 18.9 Å². The van der Waals surface area contributed by atoms with Crippen molar-refractivity contribution in [3.63, 3.8) is 0 Å². The molecule has 0 unspecified atom stereocenters. The summed E-state index contributed by atoms with van der Waals surface area (Å²) in [5, 5.41) is 4.27. The maximum atomic E-state index is 11.5. The molecule has 2 heterocycles. The Morgan fingerprint density at radius 1 is 1.31 bits per heavy atom. The Kier molecular flexibility index (Phi) is 2.45. The van der Waals surface area contributed by atoms with Crippen molar-refractivity contribution in [1.29, 1.82) is 0 Å². The second kappa shape index (κ2) is 3.75. The average Bonchev–Trinajstić information content (AvgIpc) is 2.20. The fourth-order valence-electron chi connectivity index (χ4n) is 1.76. The Balaban J connectivity index is 2.24. The van der Waals surface area contributed by atoms with Crippen LogP contribution < -0.4 is 10.9 Å². The maximum Gasteiger partial charge on any atom is 0.250 e. The van der Waals surface area contributed by atoms with Crippen molar-refractivity contribution >= 4 is 0 Å². The van der Waals surface area contributed by atoms with E-state index in [9.17, 15) is 4.79 Å². The molecule has 1 aromatic heterocycles. The van der Waals surface area contributed by atoms with E-state index in [2.05, 4.69) is 5.32 Å². The molecule has 0 saturated carbocycles. The van der Waals surface area contributed by atoms with Crippen molar-refractivity contribution in [2.75, 3.05) is 13.1 Å². The van der Waals surface area contributed by atoms with Gasteiger partial charge in [-0.2, -0.15) is 0 Å². The smallest absolute Gasteiger partial charge is 0.250 e. The number of piperidine rings is 1. The molecule has 69 valence electrons. The molecule has 0 bridgehead atoms. The summed E-state index contributed by atoms with van der Waals surface area (Å²) in [6, 6.07) is 5.68. The molecular formula is C10H13N2O. The molecule has 0 amide bonds. The lowest BCUT2D eigenvalue weighted by Gasteiger charge is -2.23. The zero-order valence-corrected chi connectivity index (χ0v) is 7.52. The predicted molar refractivity (Wildman–Crippen MR) is 50.8 cm³/mol. The van der Waals surface area contributed by atoms with Crippen LogP contribution in [0.15, 0.2) is 29.2 Å². The molecular weight excluding hydrogens is 164 g/mol. The van der Waals surface area contributed by atoms with E-state index in [-0.39, 0.29) is 5.56 Å². The van der Waals surface area contributed by atoms with Gasteiger partial charge in [0.25, 0.3) is 5.56 Å². The minimum atomic E-state index is 0.106. The monoisotopic (exact) mass is 177 g/mol. The van der Waals surface area contributed by atoms with E-state index in [1.54, 1.807) is 12.1 Å². The van der Waals surface area contributed by atoms with Crippen molar-refractivity contribution in [1.82, 2.24) is 9.88 Å². The van der Waals surface area contributed by atoms with Crippen LogP contribution in [-0.2, 0) is 0 Å². The highest BCUT2D eigenvalue weighted by Gasteiger charge is 2.15. The van der Waals surface area contributed by atoms with Crippen LogP contribution in [0.3, 0.4) is 0 Å². The van der Waals surface area contributed by atoms with Crippen LogP contribution in [0.5, 0.6) is 0 Å². The second-order valence-electron chi connectivity index (χ2n) is 3.35. The molecule has 1 aliphatic rings. The third-order valence-corrected chi connectivity index (χ3v) is 2.49. The topological polar surface area (TPSA) is 36.1 Å². The molecule has 1 fully saturated rings. The number of hydrogen-bond acceptors (Lipinski definition) is 1. The van der Waals surface area contributed by atoms with Crippen molar-refractivity contribution in [2.24, 2.45) is 0 Å². The number of pyridine rings is 1. The zero-order chi connectivity index (χ0) is 9.10. The van der Waals surface area contributed by atoms with Crippen LogP contribution in [0, 0.1) is 0 Å². The molecule has 1 saturated heterocycles. The normalized spacial score (nSPS) is 18.8. The lowest BCUT2D eigenvalue weighted by Crippen LogP contribution is -2.30. The lowest BCUT2D eigenvalue weighted by atomic mass is 10.1. The van der Waals surface area contributed by atoms with Crippen molar-refractivity contribution < 1.29 is 0 Å². The van der Waals surface area contributed by atoms with Gasteiger partial charge in [-0.3, -0.25) is 4.79 Å². The van der Waals surface area contributed by atoms with Gasteiger partial charge in [-0.25, -0.2) is 5.32 Å². The van der Waals surface area contributed by atoms with Crippen LogP contribution in [0.25, 0.3) is 0 Å². The molecule has 3 heteroatoms. The third-order valence-electron chi connectivity index (χ3n) is 2.49. The molecule has 0 aliphatic carbocycles. The van der Waals surface area contributed by atoms with E-state index in [1.807, 2.05) is 16.8 Å².